The van der Waals surface area contributed by atoms with Gasteiger partial charge >= 0.3 is 5.97 Å². The molecule has 0 saturated heterocycles. The van der Waals surface area contributed by atoms with E-state index in [1.165, 1.54) is 12.8 Å². The van der Waals surface area contributed by atoms with E-state index < -0.39 is 5.97 Å². The fourth-order valence-electron chi connectivity index (χ4n) is 2.92. The zero-order valence-corrected chi connectivity index (χ0v) is 12.7. The molecule has 0 heterocycles. The zero-order valence-electron chi connectivity index (χ0n) is 11.9. The minimum atomic E-state index is -0.936. The molecule has 1 aromatic carbocycles. The normalized spacial score (nSPS) is 17.4. The second-order valence-corrected chi connectivity index (χ2v) is 6.11. The summed E-state index contributed by atoms with van der Waals surface area (Å²) in [6.45, 7) is 0.737. The summed E-state index contributed by atoms with van der Waals surface area (Å²) in [5.74, 6) is -0.936. The summed E-state index contributed by atoms with van der Waals surface area (Å²) in [6.07, 6.45) is 4.72. The quantitative estimate of drug-likeness (QED) is 0.875. The maximum atomic E-state index is 11.2. The van der Waals surface area contributed by atoms with Crippen LogP contribution in [-0.2, 0) is 0 Å². The standard InChI is InChI=1S/C15H21ClN2O2/c1-18(2)15(7-3-4-8-15)10-17-13-9-11(16)5-6-12(13)14(19)20/h5-6,9,17H,3-4,7-8,10H2,1-2H3,(H,19,20). The van der Waals surface area contributed by atoms with Gasteiger partial charge in [0.2, 0.25) is 0 Å². The second-order valence-electron chi connectivity index (χ2n) is 5.67. The van der Waals surface area contributed by atoms with Crippen molar-refractivity contribution in [3.63, 3.8) is 0 Å². The molecule has 1 aromatic rings. The molecule has 0 aromatic heterocycles. The fourth-order valence-corrected chi connectivity index (χ4v) is 3.10. The molecule has 0 aliphatic heterocycles. The third-order valence-corrected chi connectivity index (χ3v) is 4.54. The second kappa shape index (κ2) is 6.02. The number of aromatic carboxylic acids is 1. The number of benzene rings is 1. The number of halogens is 1. The Bertz CT molecular complexity index is 497. The highest BCUT2D eigenvalue weighted by molar-refractivity contribution is 6.31. The average molecular weight is 297 g/mol. The predicted molar refractivity (Wildman–Crippen MR) is 81.8 cm³/mol. The summed E-state index contributed by atoms with van der Waals surface area (Å²) < 4.78 is 0. The lowest BCUT2D eigenvalue weighted by molar-refractivity contribution is 0.0698. The van der Waals surface area contributed by atoms with Gasteiger partial charge in [-0.3, -0.25) is 0 Å². The number of nitrogens with zero attached hydrogens (tertiary/aromatic N) is 1. The van der Waals surface area contributed by atoms with Crippen molar-refractivity contribution in [1.82, 2.24) is 4.90 Å². The summed E-state index contributed by atoms with van der Waals surface area (Å²) in [7, 11) is 4.17. The SMILES string of the molecule is CN(C)C1(CNc2cc(Cl)ccc2C(=O)O)CCCC1. The van der Waals surface area contributed by atoms with Crippen LogP contribution in [0.4, 0.5) is 5.69 Å². The molecule has 110 valence electrons. The largest absolute Gasteiger partial charge is 0.478 e. The van der Waals surface area contributed by atoms with Gasteiger partial charge in [0.15, 0.2) is 0 Å². The minimum Gasteiger partial charge on any atom is -0.478 e. The molecule has 1 saturated carbocycles. The van der Waals surface area contributed by atoms with E-state index in [9.17, 15) is 9.90 Å². The minimum absolute atomic E-state index is 0.109. The molecule has 0 spiro atoms. The van der Waals surface area contributed by atoms with Crippen molar-refractivity contribution < 1.29 is 9.90 Å². The monoisotopic (exact) mass is 296 g/mol. The van der Waals surface area contributed by atoms with Gasteiger partial charge < -0.3 is 15.3 Å². The highest BCUT2D eigenvalue weighted by atomic mass is 35.5. The van der Waals surface area contributed by atoms with Crippen LogP contribution in [-0.4, -0.2) is 42.2 Å². The van der Waals surface area contributed by atoms with Crippen LogP contribution in [0.1, 0.15) is 36.0 Å². The van der Waals surface area contributed by atoms with E-state index in [0.29, 0.717) is 10.7 Å². The van der Waals surface area contributed by atoms with E-state index in [0.717, 1.165) is 19.4 Å². The molecular formula is C15H21ClN2O2. The Morgan fingerprint density at radius 2 is 2.05 bits per heavy atom. The molecule has 0 radical (unpaired) electrons. The summed E-state index contributed by atoms with van der Waals surface area (Å²) >= 11 is 5.97. The van der Waals surface area contributed by atoms with Gasteiger partial charge in [-0.05, 0) is 45.1 Å². The number of carbonyl (C=O) groups is 1. The lowest BCUT2D eigenvalue weighted by Crippen LogP contribution is -2.47. The molecule has 2 N–H and O–H groups in total. The van der Waals surface area contributed by atoms with Crippen molar-refractivity contribution in [3.05, 3.63) is 28.8 Å². The van der Waals surface area contributed by atoms with E-state index in [2.05, 4.69) is 24.3 Å². The lowest BCUT2D eigenvalue weighted by Gasteiger charge is -2.37. The van der Waals surface area contributed by atoms with Crippen molar-refractivity contribution >= 4 is 23.3 Å². The molecule has 2 rings (SSSR count). The van der Waals surface area contributed by atoms with Gasteiger partial charge in [0, 0.05) is 17.1 Å². The van der Waals surface area contributed by atoms with Crippen LogP contribution < -0.4 is 5.32 Å². The number of carboxylic acids is 1. The van der Waals surface area contributed by atoms with E-state index in [1.807, 2.05) is 0 Å². The predicted octanol–water partition coefficient (Wildman–Crippen LogP) is 3.32. The van der Waals surface area contributed by atoms with E-state index in [-0.39, 0.29) is 11.1 Å². The molecule has 5 heteroatoms. The van der Waals surface area contributed by atoms with E-state index in [4.69, 9.17) is 11.6 Å². The number of nitrogens with one attached hydrogen (secondary N) is 1. The van der Waals surface area contributed by atoms with Gasteiger partial charge in [-0.25, -0.2) is 4.79 Å². The molecule has 1 aliphatic carbocycles. The maximum Gasteiger partial charge on any atom is 0.337 e. The Morgan fingerprint density at radius 3 is 2.60 bits per heavy atom. The maximum absolute atomic E-state index is 11.2. The third kappa shape index (κ3) is 3.07. The van der Waals surface area contributed by atoms with Gasteiger partial charge in [-0.1, -0.05) is 24.4 Å². The van der Waals surface area contributed by atoms with Crippen molar-refractivity contribution in [2.24, 2.45) is 0 Å². The van der Waals surface area contributed by atoms with Crippen LogP contribution in [0, 0.1) is 0 Å². The van der Waals surface area contributed by atoms with Gasteiger partial charge in [-0.15, -0.1) is 0 Å². The number of anilines is 1. The van der Waals surface area contributed by atoms with Gasteiger partial charge in [0.05, 0.1) is 11.3 Å². The first-order valence-corrected chi connectivity index (χ1v) is 7.26. The van der Waals surface area contributed by atoms with Crippen LogP contribution in [0.5, 0.6) is 0 Å². The molecule has 4 nitrogen and oxygen atoms in total. The zero-order chi connectivity index (χ0) is 14.8. The molecule has 0 amide bonds. The number of rotatable bonds is 5. The molecule has 0 bridgehead atoms. The summed E-state index contributed by atoms with van der Waals surface area (Å²) in [4.78, 5) is 13.5. The lowest BCUT2D eigenvalue weighted by atomic mass is 9.95. The first-order chi connectivity index (χ1) is 9.44. The Kier molecular flexibility index (Phi) is 4.55. The van der Waals surface area contributed by atoms with Gasteiger partial charge in [0.1, 0.15) is 0 Å². The molecule has 0 atom stereocenters. The molecule has 1 aliphatic rings. The smallest absolute Gasteiger partial charge is 0.337 e. The van der Waals surface area contributed by atoms with Crippen molar-refractivity contribution in [1.29, 1.82) is 0 Å². The van der Waals surface area contributed by atoms with Gasteiger partial charge in [0.25, 0.3) is 0 Å². The summed E-state index contributed by atoms with van der Waals surface area (Å²) in [5.41, 5.74) is 0.970. The first-order valence-electron chi connectivity index (χ1n) is 6.89. The Labute approximate surface area is 124 Å². The number of likely N-dealkylation sites (N-methyl/N-ethyl adjacent to an activating group) is 1. The Morgan fingerprint density at radius 1 is 1.40 bits per heavy atom. The van der Waals surface area contributed by atoms with Crippen LogP contribution >= 0.6 is 11.6 Å². The topological polar surface area (TPSA) is 52.6 Å². The molecule has 1 fully saturated rings. The third-order valence-electron chi connectivity index (χ3n) is 4.30. The van der Waals surface area contributed by atoms with Crippen LogP contribution in [0.3, 0.4) is 0 Å². The van der Waals surface area contributed by atoms with Crippen LogP contribution in [0.2, 0.25) is 5.02 Å². The Hall–Kier alpha value is -1.26. The number of hydrogen-bond donors (Lipinski definition) is 2. The number of hydrogen-bond acceptors (Lipinski definition) is 3. The molecule has 20 heavy (non-hydrogen) atoms. The molecular weight excluding hydrogens is 276 g/mol. The summed E-state index contributed by atoms with van der Waals surface area (Å²) in [6, 6.07) is 4.83. The Balaban J connectivity index is 2.17. The van der Waals surface area contributed by atoms with Crippen LogP contribution in [0.25, 0.3) is 0 Å². The van der Waals surface area contributed by atoms with E-state index >= 15 is 0 Å². The van der Waals surface area contributed by atoms with Crippen molar-refractivity contribution in [2.45, 2.75) is 31.2 Å². The first kappa shape index (κ1) is 15.1. The average Bonchev–Trinajstić information content (AvgIpc) is 2.86. The molecule has 0 unspecified atom stereocenters. The highest BCUT2D eigenvalue weighted by Crippen LogP contribution is 2.34. The summed E-state index contributed by atoms with van der Waals surface area (Å²) in [5, 5.41) is 13.1. The van der Waals surface area contributed by atoms with Crippen LogP contribution in [0.15, 0.2) is 18.2 Å². The fraction of sp³-hybridized carbons (Fsp3) is 0.533. The van der Waals surface area contributed by atoms with Crippen molar-refractivity contribution in [2.75, 3.05) is 26.0 Å². The highest BCUT2D eigenvalue weighted by Gasteiger charge is 2.35. The van der Waals surface area contributed by atoms with Gasteiger partial charge in [-0.2, -0.15) is 0 Å². The number of carboxylic acid groups (broad SMARTS) is 1. The van der Waals surface area contributed by atoms with E-state index in [1.54, 1.807) is 18.2 Å². The van der Waals surface area contributed by atoms with Crippen molar-refractivity contribution in [3.8, 4) is 0 Å².